The lowest BCUT2D eigenvalue weighted by Gasteiger charge is -2.20. The molecule has 4 atom stereocenters. The molecule has 1 heterocycles. The van der Waals surface area contributed by atoms with Crippen LogP contribution in [0.15, 0.2) is 43.0 Å². The van der Waals surface area contributed by atoms with Gasteiger partial charge in [0, 0.05) is 6.42 Å². The van der Waals surface area contributed by atoms with Gasteiger partial charge in [-0.3, -0.25) is 0 Å². The van der Waals surface area contributed by atoms with Crippen LogP contribution in [0.4, 0.5) is 0 Å². The van der Waals surface area contributed by atoms with E-state index in [-0.39, 0.29) is 24.3 Å². The quantitative estimate of drug-likeness (QED) is 0.209. The van der Waals surface area contributed by atoms with Crippen LogP contribution in [-0.2, 0) is 9.47 Å². The third kappa shape index (κ3) is 8.61. The highest BCUT2D eigenvalue weighted by Crippen LogP contribution is 2.31. The second-order valence-electron chi connectivity index (χ2n) is 8.46. The van der Waals surface area contributed by atoms with Gasteiger partial charge in [-0.2, -0.15) is 0 Å². The van der Waals surface area contributed by atoms with Crippen molar-refractivity contribution in [3.63, 3.8) is 0 Å². The summed E-state index contributed by atoms with van der Waals surface area (Å²) in [5.41, 5.74) is 0.560. The van der Waals surface area contributed by atoms with E-state index >= 15 is 0 Å². The molecule has 2 rings (SSSR count). The highest BCUT2D eigenvalue weighted by molar-refractivity contribution is 5.89. The van der Waals surface area contributed by atoms with Crippen molar-refractivity contribution in [3.05, 3.63) is 48.6 Å². The minimum Gasteiger partial charge on any atom is -0.456 e. The summed E-state index contributed by atoms with van der Waals surface area (Å²) >= 11 is 0. The van der Waals surface area contributed by atoms with Crippen LogP contribution in [0.2, 0.25) is 0 Å². The number of esters is 1. The Morgan fingerprint density at radius 1 is 1.17 bits per heavy atom. The maximum Gasteiger partial charge on any atom is 0.338 e. The number of aliphatic hydroxyl groups is 1. The molecule has 0 saturated carbocycles. The van der Waals surface area contributed by atoms with Crippen LogP contribution in [0.25, 0.3) is 0 Å². The Hall–Kier alpha value is -1.65. The van der Waals surface area contributed by atoms with E-state index in [1.165, 1.54) is 19.3 Å². The van der Waals surface area contributed by atoms with E-state index in [1.807, 2.05) is 24.3 Å². The monoisotopic (exact) mass is 416 g/mol. The van der Waals surface area contributed by atoms with E-state index in [0.717, 1.165) is 51.4 Å². The molecule has 1 aliphatic heterocycles. The third-order valence-electron chi connectivity index (χ3n) is 5.93. The Labute approximate surface area is 182 Å². The van der Waals surface area contributed by atoms with Gasteiger partial charge in [0.1, 0.15) is 6.10 Å². The SMILES string of the molecule is C=CCCCCCCC[C@H](O)[C@@H]1C[C@H](OC(=O)c2ccccc2)[C@H](CCCCC)O1. The summed E-state index contributed by atoms with van der Waals surface area (Å²) in [5, 5.41) is 10.7. The zero-order valence-electron chi connectivity index (χ0n) is 18.6. The van der Waals surface area contributed by atoms with Crippen molar-refractivity contribution in [2.75, 3.05) is 0 Å². The molecule has 4 heteroatoms. The molecule has 0 unspecified atom stereocenters. The van der Waals surface area contributed by atoms with Crippen molar-refractivity contribution < 1.29 is 19.4 Å². The first-order chi connectivity index (χ1) is 14.7. The summed E-state index contributed by atoms with van der Waals surface area (Å²) in [4.78, 5) is 12.5. The predicted octanol–water partition coefficient (Wildman–Crippen LogP) is 6.23. The van der Waals surface area contributed by atoms with Crippen LogP contribution in [0.5, 0.6) is 0 Å². The van der Waals surface area contributed by atoms with Gasteiger partial charge in [0.25, 0.3) is 0 Å². The zero-order chi connectivity index (χ0) is 21.6. The van der Waals surface area contributed by atoms with Gasteiger partial charge in [0.05, 0.1) is 23.9 Å². The number of aliphatic hydroxyl groups excluding tert-OH is 1. The van der Waals surface area contributed by atoms with E-state index in [1.54, 1.807) is 12.1 Å². The van der Waals surface area contributed by atoms with Crippen molar-refractivity contribution in [1.29, 1.82) is 0 Å². The first-order valence-electron chi connectivity index (χ1n) is 11.9. The van der Waals surface area contributed by atoms with Crippen LogP contribution in [-0.4, -0.2) is 35.5 Å². The van der Waals surface area contributed by atoms with E-state index in [4.69, 9.17) is 9.47 Å². The fourth-order valence-corrected chi connectivity index (χ4v) is 4.11. The number of ether oxygens (including phenoxy) is 2. The second-order valence-corrected chi connectivity index (χ2v) is 8.46. The molecule has 30 heavy (non-hydrogen) atoms. The van der Waals surface area contributed by atoms with Crippen LogP contribution >= 0.6 is 0 Å². The fourth-order valence-electron chi connectivity index (χ4n) is 4.11. The lowest BCUT2D eigenvalue weighted by atomic mass is 10.00. The van der Waals surface area contributed by atoms with Gasteiger partial charge in [-0.05, 0) is 37.8 Å². The number of unbranched alkanes of at least 4 members (excludes halogenated alkanes) is 7. The van der Waals surface area contributed by atoms with Crippen molar-refractivity contribution in [3.8, 4) is 0 Å². The Morgan fingerprint density at radius 2 is 1.90 bits per heavy atom. The standard InChI is InChI=1S/C26H40O4/c1-3-5-7-8-9-10-15-18-22(27)24-20-25(23(29-24)19-12-6-4-2)30-26(28)21-16-13-11-14-17-21/h3,11,13-14,16-17,22-25,27H,1,4-10,12,15,18-20H2,2H3/t22-,23-,24-,25-/m0/s1. The molecule has 1 aliphatic rings. The molecule has 1 saturated heterocycles. The van der Waals surface area contributed by atoms with Crippen molar-refractivity contribution in [2.24, 2.45) is 0 Å². The Kier molecular flexibility index (Phi) is 11.8. The topological polar surface area (TPSA) is 55.8 Å². The highest BCUT2D eigenvalue weighted by atomic mass is 16.6. The molecule has 1 fully saturated rings. The Morgan fingerprint density at radius 3 is 2.63 bits per heavy atom. The fraction of sp³-hybridized carbons (Fsp3) is 0.654. The number of benzene rings is 1. The molecule has 0 aromatic heterocycles. The van der Waals surface area contributed by atoms with Gasteiger partial charge in [0.2, 0.25) is 0 Å². The largest absolute Gasteiger partial charge is 0.456 e. The first-order valence-corrected chi connectivity index (χ1v) is 11.9. The number of carbonyl (C=O) groups excluding carboxylic acids is 1. The summed E-state index contributed by atoms with van der Waals surface area (Å²) in [5.74, 6) is -0.306. The molecule has 1 aromatic rings. The minimum atomic E-state index is -0.493. The summed E-state index contributed by atoms with van der Waals surface area (Å²) in [7, 11) is 0. The van der Waals surface area contributed by atoms with Gasteiger partial charge in [-0.1, -0.05) is 76.1 Å². The van der Waals surface area contributed by atoms with E-state index in [9.17, 15) is 9.90 Å². The maximum absolute atomic E-state index is 12.5. The number of hydrogen-bond donors (Lipinski definition) is 1. The van der Waals surface area contributed by atoms with Crippen molar-refractivity contribution in [2.45, 2.75) is 108 Å². The van der Waals surface area contributed by atoms with Crippen LogP contribution < -0.4 is 0 Å². The van der Waals surface area contributed by atoms with Crippen LogP contribution in [0.1, 0.15) is 94.3 Å². The summed E-state index contributed by atoms with van der Waals surface area (Å²) in [6.45, 7) is 5.93. The molecule has 168 valence electrons. The molecule has 4 nitrogen and oxygen atoms in total. The number of rotatable bonds is 15. The van der Waals surface area contributed by atoms with Crippen molar-refractivity contribution in [1.82, 2.24) is 0 Å². The molecule has 0 radical (unpaired) electrons. The van der Waals surface area contributed by atoms with Crippen molar-refractivity contribution >= 4 is 5.97 Å². The zero-order valence-corrected chi connectivity index (χ0v) is 18.6. The highest BCUT2D eigenvalue weighted by Gasteiger charge is 2.40. The van der Waals surface area contributed by atoms with Gasteiger partial charge in [-0.15, -0.1) is 6.58 Å². The van der Waals surface area contributed by atoms with Gasteiger partial charge in [0.15, 0.2) is 0 Å². The molecule has 0 bridgehead atoms. The van der Waals surface area contributed by atoms with Gasteiger partial charge >= 0.3 is 5.97 Å². The number of hydrogen-bond acceptors (Lipinski definition) is 4. The molecule has 1 N–H and O–H groups in total. The van der Waals surface area contributed by atoms with E-state index < -0.39 is 6.10 Å². The maximum atomic E-state index is 12.5. The molecule has 0 amide bonds. The average molecular weight is 417 g/mol. The summed E-state index contributed by atoms with van der Waals surface area (Å²) < 4.78 is 12.0. The summed E-state index contributed by atoms with van der Waals surface area (Å²) in [6.07, 6.45) is 13.2. The van der Waals surface area contributed by atoms with Gasteiger partial charge in [-0.25, -0.2) is 4.79 Å². The van der Waals surface area contributed by atoms with Crippen LogP contribution in [0, 0.1) is 0 Å². The average Bonchev–Trinajstić information content (AvgIpc) is 3.16. The number of carbonyl (C=O) groups is 1. The molecule has 1 aromatic carbocycles. The summed E-state index contributed by atoms with van der Waals surface area (Å²) in [6, 6.07) is 9.10. The van der Waals surface area contributed by atoms with Gasteiger partial charge < -0.3 is 14.6 Å². The molecule has 0 spiro atoms. The molecular formula is C26H40O4. The third-order valence-corrected chi connectivity index (χ3v) is 5.93. The van der Waals surface area contributed by atoms with Crippen LogP contribution in [0.3, 0.4) is 0 Å². The second kappa shape index (κ2) is 14.4. The Bertz CT molecular complexity index is 600. The smallest absolute Gasteiger partial charge is 0.338 e. The lowest BCUT2D eigenvalue weighted by molar-refractivity contribution is -0.0531. The normalized spacial score (nSPS) is 22.0. The molecule has 0 aliphatic carbocycles. The first kappa shape index (κ1) is 24.6. The molecular weight excluding hydrogens is 376 g/mol. The number of allylic oxidation sites excluding steroid dienone is 1. The lowest BCUT2D eigenvalue weighted by Crippen LogP contribution is -2.27. The van der Waals surface area contributed by atoms with E-state index in [2.05, 4.69) is 13.5 Å². The predicted molar refractivity (Wildman–Crippen MR) is 122 cm³/mol. The minimum absolute atomic E-state index is 0.122. The Balaban J connectivity index is 1.82. The van der Waals surface area contributed by atoms with E-state index in [0.29, 0.717) is 12.0 Å².